The summed E-state index contributed by atoms with van der Waals surface area (Å²) >= 11 is 0. The quantitative estimate of drug-likeness (QED) is 0.585. The largest absolute Gasteiger partial charge is 0.396 e. The molecule has 0 bridgehead atoms. The molecule has 0 spiro atoms. The standard InChI is InChI=1S/C8H13NO3/c1-6(2-3-10)9-5-7(11)4-8(9)12/h6,10H,2-5H2,1H3. The molecule has 1 rings (SSSR count). The van der Waals surface area contributed by atoms with Crippen LogP contribution in [0.15, 0.2) is 0 Å². The van der Waals surface area contributed by atoms with Gasteiger partial charge in [0.15, 0.2) is 5.78 Å². The summed E-state index contributed by atoms with van der Waals surface area (Å²) in [6.07, 6.45) is 0.578. The van der Waals surface area contributed by atoms with Crippen LogP contribution >= 0.6 is 0 Å². The molecule has 1 atom stereocenters. The molecule has 1 aliphatic heterocycles. The first-order valence-corrected chi connectivity index (χ1v) is 4.07. The van der Waals surface area contributed by atoms with Gasteiger partial charge in [-0.1, -0.05) is 0 Å². The van der Waals surface area contributed by atoms with E-state index < -0.39 is 0 Å². The van der Waals surface area contributed by atoms with E-state index in [1.165, 1.54) is 4.90 Å². The molecular formula is C8H13NO3. The van der Waals surface area contributed by atoms with Crippen LogP contribution in [0.25, 0.3) is 0 Å². The van der Waals surface area contributed by atoms with Gasteiger partial charge >= 0.3 is 0 Å². The number of likely N-dealkylation sites (tertiary alicyclic amines) is 1. The number of rotatable bonds is 3. The van der Waals surface area contributed by atoms with Crippen molar-refractivity contribution in [1.29, 1.82) is 0 Å². The Labute approximate surface area is 71.2 Å². The SMILES string of the molecule is CC(CCO)N1CC(=O)CC1=O. The highest BCUT2D eigenvalue weighted by Crippen LogP contribution is 2.12. The average Bonchev–Trinajstić information content (AvgIpc) is 2.30. The van der Waals surface area contributed by atoms with E-state index in [2.05, 4.69) is 0 Å². The summed E-state index contributed by atoms with van der Waals surface area (Å²) in [4.78, 5) is 23.5. The minimum atomic E-state index is -0.110. The molecule has 0 aromatic carbocycles. The minimum Gasteiger partial charge on any atom is -0.396 e. The Balaban J connectivity index is 2.51. The molecule has 1 saturated heterocycles. The third kappa shape index (κ3) is 1.82. The van der Waals surface area contributed by atoms with Crippen molar-refractivity contribution in [3.63, 3.8) is 0 Å². The molecule has 4 nitrogen and oxygen atoms in total. The van der Waals surface area contributed by atoms with E-state index in [0.29, 0.717) is 6.42 Å². The second-order valence-electron chi connectivity index (χ2n) is 3.10. The number of amides is 1. The Morgan fingerprint density at radius 1 is 1.58 bits per heavy atom. The van der Waals surface area contributed by atoms with Crippen LogP contribution in [0.5, 0.6) is 0 Å². The molecule has 1 unspecified atom stereocenters. The third-order valence-corrected chi connectivity index (χ3v) is 2.09. The monoisotopic (exact) mass is 171 g/mol. The fraction of sp³-hybridized carbons (Fsp3) is 0.750. The fourth-order valence-corrected chi connectivity index (χ4v) is 1.35. The summed E-state index contributed by atoms with van der Waals surface area (Å²) in [5.74, 6) is -0.134. The number of carbonyl (C=O) groups is 2. The van der Waals surface area contributed by atoms with Gasteiger partial charge in [-0.2, -0.15) is 0 Å². The van der Waals surface area contributed by atoms with Crippen molar-refractivity contribution in [2.24, 2.45) is 0 Å². The summed E-state index contributed by atoms with van der Waals surface area (Å²) in [6.45, 7) is 2.12. The highest BCUT2D eigenvalue weighted by molar-refractivity contribution is 6.05. The second-order valence-corrected chi connectivity index (χ2v) is 3.10. The van der Waals surface area contributed by atoms with Gasteiger partial charge in [-0.05, 0) is 13.3 Å². The summed E-state index contributed by atoms with van der Waals surface area (Å²) in [7, 11) is 0. The molecule has 12 heavy (non-hydrogen) atoms. The highest BCUT2D eigenvalue weighted by atomic mass is 16.3. The molecule has 1 N–H and O–H groups in total. The van der Waals surface area contributed by atoms with E-state index in [-0.39, 0.29) is 37.3 Å². The molecule has 68 valence electrons. The van der Waals surface area contributed by atoms with Crippen LogP contribution in [0, 0.1) is 0 Å². The summed E-state index contributed by atoms with van der Waals surface area (Å²) in [5, 5.41) is 8.63. The topological polar surface area (TPSA) is 57.6 Å². The van der Waals surface area contributed by atoms with E-state index in [4.69, 9.17) is 5.11 Å². The predicted octanol–water partition coefficient (Wildman–Crippen LogP) is -0.441. The van der Waals surface area contributed by atoms with Crippen molar-refractivity contribution < 1.29 is 14.7 Å². The summed E-state index contributed by atoms with van der Waals surface area (Å²) in [6, 6.07) is -0.0195. The number of ketones is 1. The number of aliphatic hydroxyl groups excluding tert-OH is 1. The molecule has 0 saturated carbocycles. The lowest BCUT2D eigenvalue weighted by Gasteiger charge is -2.22. The van der Waals surface area contributed by atoms with Gasteiger partial charge in [0.05, 0.1) is 13.0 Å². The molecule has 0 aromatic heterocycles. The highest BCUT2D eigenvalue weighted by Gasteiger charge is 2.30. The van der Waals surface area contributed by atoms with Gasteiger partial charge in [0.1, 0.15) is 0 Å². The fourth-order valence-electron chi connectivity index (χ4n) is 1.35. The van der Waals surface area contributed by atoms with Crippen LogP contribution in [0.3, 0.4) is 0 Å². The van der Waals surface area contributed by atoms with E-state index in [1.54, 1.807) is 0 Å². The summed E-state index contributed by atoms with van der Waals surface area (Å²) in [5.41, 5.74) is 0. The normalized spacial score (nSPS) is 20.3. The summed E-state index contributed by atoms with van der Waals surface area (Å²) < 4.78 is 0. The minimum absolute atomic E-state index is 0.0195. The van der Waals surface area contributed by atoms with Gasteiger partial charge in [0, 0.05) is 12.6 Å². The van der Waals surface area contributed by atoms with Crippen LogP contribution in [-0.2, 0) is 9.59 Å². The maximum absolute atomic E-state index is 11.1. The zero-order valence-electron chi connectivity index (χ0n) is 7.12. The Bertz CT molecular complexity index is 202. The third-order valence-electron chi connectivity index (χ3n) is 2.09. The Morgan fingerprint density at radius 2 is 2.25 bits per heavy atom. The van der Waals surface area contributed by atoms with Crippen LogP contribution in [0.2, 0.25) is 0 Å². The van der Waals surface area contributed by atoms with Crippen LogP contribution in [-0.4, -0.2) is 40.9 Å². The number of Topliss-reactive ketones (excluding diaryl/α,β-unsaturated/α-hetero) is 1. The zero-order chi connectivity index (χ0) is 9.14. The van der Waals surface area contributed by atoms with Crippen molar-refractivity contribution in [1.82, 2.24) is 4.90 Å². The molecule has 0 radical (unpaired) electrons. The van der Waals surface area contributed by atoms with E-state index in [1.807, 2.05) is 6.92 Å². The van der Waals surface area contributed by atoms with Crippen molar-refractivity contribution in [2.45, 2.75) is 25.8 Å². The Morgan fingerprint density at radius 3 is 2.67 bits per heavy atom. The van der Waals surface area contributed by atoms with E-state index in [9.17, 15) is 9.59 Å². The van der Waals surface area contributed by atoms with Crippen LogP contribution < -0.4 is 0 Å². The molecule has 1 heterocycles. The first-order chi connectivity index (χ1) is 5.65. The first-order valence-electron chi connectivity index (χ1n) is 4.07. The van der Waals surface area contributed by atoms with Gasteiger partial charge < -0.3 is 10.0 Å². The van der Waals surface area contributed by atoms with Crippen molar-refractivity contribution in [3.05, 3.63) is 0 Å². The van der Waals surface area contributed by atoms with Gasteiger partial charge in [0.2, 0.25) is 5.91 Å². The first kappa shape index (κ1) is 9.19. The number of nitrogens with zero attached hydrogens (tertiary/aromatic N) is 1. The number of aliphatic hydroxyl groups is 1. The molecule has 0 aromatic rings. The van der Waals surface area contributed by atoms with E-state index >= 15 is 0 Å². The average molecular weight is 171 g/mol. The molecule has 0 aliphatic carbocycles. The van der Waals surface area contributed by atoms with E-state index in [0.717, 1.165) is 0 Å². The predicted molar refractivity (Wildman–Crippen MR) is 42.5 cm³/mol. The Kier molecular flexibility index (Phi) is 2.81. The maximum atomic E-state index is 11.1. The van der Waals surface area contributed by atoms with Crippen molar-refractivity contribution in [2.75, 3.05) is 13.2 Å². The van der Waals surface area contributed by atoms with Crippen molar-refractivity contribution >= 4 is 11.7 Å². The molecular weight excluding hydrogens is 158 g/mol. The molecule has 1 amide bonds. The van der Waals surface area contributed by atoms with Crippen molar-refractivity contribution in [3.8, 4) is 0 Å². The molecule has 1 fully saturated rings. The van der Waals surface area contributed by atoms with Gasteiger partial charge in [-0.25, -0.2) is 0 Å². The number of hydrogen-bond acceptors (Lipinski definition) is 3. The van der Waals surface area contributed by atoms with Gasteiger partial charge in [-0.15, -0.1) is 0 Å². The molecule has 4 heteroatoms. The number of carbonyl (C=O) groups excluding carboxylic acids is 2. The second kappa shape index (κ2) is 3.67. The lowest BCUT2D eigenvalue weighted by molar-refractivity contribution is -0.129. The maximum Gasteiger partial charge on any atom is 0.230 e. The smallest absolute Gasteiger partial charge is 0.230 e. The van der Waals surface area contributed by atoms with Gasteiger partial charge in [-0.3, -0.25) is 9.59 Å². The number of hydrogen-bond donors (Lipinski definition) is 1. The lowest BCUT2D eigenvalue weighted by Crippen LogP contribution is -2.35. The lowest BCUT2D eigenvalue weighted by atomic mass is 10.2. The van der Waals surface area contributed by atoms with Gasteiger partial charge in [0.25, 0.3) is 0 Å². The van der Waals surface area contributed by atoms with Crippen LogP contribution in [0.1, 0.15) is 19.8 Å². The zero-order valence-corrected chi connectivity index (χ0v) is 7.12. The Hall–Kier alpha value is -0.900. The molecule has 1 aliphatic rings. The van der Waals surface area contributed by atoms with Crippen LogP contribution in [0.4, 0.5) is 0 Å².